The SMILES string of the molecule is CCOC(=O)CCCN(CC)c1cc(OC)c(-c2cc3ccc(C(=O)OC)cc3[nH]2)cc1OC.CCOC(=O)CCCN(CC)c1cc(OC)c(/C=C/c2ccc(C(=O)OC)cc2[N+](=O)[O-])cc1OC.CCOCCCCN(CC)c1cc(OC)c(C=O)cc1OC.CCOP(OCC)OCC.Cc1ccc(C[P+](c2ccccc2)(c2ccccc2)c2ccccc2)c([N+](=O)[O-])c1.O=C=O.[I-]. The van der Waals surface area contributed by atoms with Gasteiger partial charge in [0.15, 0.2) is 6.29 Å². The number of rotatable bonds is 47. The average Bonchev–Trinajstić information content (AvgIpc) is 0.902. The van der Waals surface area contributed by atoms with Crippen molar-refractivity contribution in [1.82, 2.24) is 4.98 Å². The molecule has 0 amide bonds. The van der Waals surface area contributed by atoms with Gasteiger partial charge in [-0.25, -0.2) is 9.59 Å². The Morgan fingerprint density at radius 1 is 0.449 bits per heavy atom. The van der Waals surface area contributed by atoms with Crippen molar-refractivity contribution in [3.05, 3.63) is 247 Å². The van der Waals surface area contributed by atoms with Gasteiger partial charge in [0.05, 0.1) is 150 Å². The van der Waals surface area contributed by atoms with Crippen LogP contribution >= 0.6 is 15.9 Å². The van der Waals surface area contributed by atoms with Crippen LogP contribution in [0.25, 0.3) is 34.3 Å². The van der Waals surface area contributed by atoms with Crippen molar-refractivity contribution in [2.45, 2.75) is 114 Å². The number of hydrogen-bond donors (Lipinski definition) is 1. The number of aldehydes is 1. The summed E-state index contributed by atoms with van der Waals surface area (Å²) in [6.45, 7) is 28.1. The summed E-state index contributed by atoms with van der Waals surface area (Å²) in [6.07, 6.45) is 8.92. The zero-order valence-electron chi connectivity index (χ0n) is 81.0. The molecule has 0 unspecified atom stereocenters. The Balaban J connectivity index is 0.000000365. The molecule has 0 spiro atoms. The molecule has 9 aromatic carbocycles. The summed E-state index contributed by atoms with van der Waals surface area (Å²) in [7, 11) is 8.89. The fourth-order valence-corrected chi connectivity index (χ4v) is 19.5. The van der Waals surface area contributed by atoms with Gasteiger partial charge in [-0.1, -0.05) is 72.8 Å². The molecule has 0 aliphatic carbocycles. The van der Waals surface area contributed by atoms with Gasteiger partial charge in [0.1, 0.15) is 63.8 Å². The van der Waals surface area contributed by atoms with Crippen LogP contribution in [0, 0.1) is 27.2 Å². The van der Waals surface area contributed by atoms with Crippen LogP contribution in [0.4, 0.5) is 28.4 Å². The lowest BCUT2D eigenvalue weighted by Crippen LogP contribution is -3.00. The zero-order chi connectivity index (χ0) is 99.2. The zero-order valence-corrected chi connectivity index (χ0v) is 84.9. The maximum absolute atomic E-state index is 11.9. The minimum atomic E-state index is -2.16. The normalized spacial score (nSPS) is 10.5. The van der Waals surface area contributed by atoms with E-state index in [0.29, 0.717) is 141 Å². The highest BCUT2D eigenvalue weighted by atomic mass is 127. The number of halogens is 1. The summed E-state index contributed by atoms with van der Waals surface area (Å²) in [5.74, 6) is 2.31. The van der Waals surface area contributed by atoms with E-state index in [4.69, 9.17) is 70.5 Å². The minimum Gasteiger partial charge on any atom is -1.00 e. The largest absolute Gasteiger partial charge is 1.00 e. The summed E-state index contributed by atoms with van der Waals surface area (Å²) in [6, 6.07) is 59.6. The molecule has 734 valence electrons. The van der Waals surface area contributed by atoms with E-state index in [9.17, 15) is 44.2 Å². The molecule has 31 nitrogen and oxygen atoms in total. The molecule has 1 heterocycles. The van der Waals surface area contributed by atoms with Crippen molar-refractivity contribution in [2.75, 3.05) is 157 Å². The molecule has 0 radical (unpaired) electrons. The number of nitrogens with one attached hydrogen (secondary N) is 1. The number of hydrogen-bond acceptors (Lipinski definition) is 28. The highest BCUT2D eigenvalue weighted by Gasteiger charge is 2.47. The Hall–Kier alpha value is -12.4. The number of nitrogens with zero attached hydrogens (tertiary/aromatic N) is 5. The van der Waals surface area contributed by atoms with Crippen molar-refractivity contribution < 1.29 is 133 Å². The number of anilines is 3. The Bertz CT molecular complexity index is 5310. The van der Waals surface area contributed by atoms with Crippen LogP contribution in [0.2, 0.25) is 0 Å². The number of H-pyrrole nitrogens is 1. The number of carbonyl (C=O) groups is 5. The van der Waals surface area contributed by atoms with E-state index in [1.54, 1.807) is 91.9 Å². The summed E-state index contributed by atoms with van der Waals surface area (Å²) in [4.78, 5) is 107. The maximum atomic E-state index is 11.9. The first kappa shape index (κ1) is 116. The highest BCUT2D eigenvalue weighted by Crippen LogP contribution is 2.59. The summed E-state index contributed by atoms with van der Waals surface area (Å²) < 4.78 is 73.7. The Kier molecular flexibility index (Phi) is 54.4. The summed E-state index contributed by atoms with van der Waals surface area (Å²) in [5.41, 5.74) is 8.78. The second-order valence-electron chi connectivity index (χ2n) is 29.1. The number of fused-ring (bicyclic) bond motifs is 1. The third-order valence-electron chi connectivity index (χ3n) is 20.8. The second kappa shape index (κ2) is 63.8. The molecule has 10 rings (SSSR count). The van der Waals surface area contributed by atoms with Crippen molar-refractivity contribution in [1.29, 1.82) is 0 Å². The lowest BCUT2D eigenvalue weighted by atomic mass is 10.1. The number of ether oxygens (including phenoxy) is 11. The number of nitro groups is 2. The van der Waals surface area contributed by atoms with E-state index in [-0.39, 0.29) is 69.9 Å². The van der Waals surface area contributed by atoms with Crippen molar-refractivity contribution in [2.24, 2.45) is 0 Å². The Morgan fingerprint density at radius 3 is 1.29 bits per heavy atom. The Labute approximate surface area is 816 Å². The van der Waals surface area contributed by atoms with E-state index in [1.807, 2.05) is 108 Å². The monoisotopic (exact) mass is 2030 g/mol. The number of aromatic nitrogens is 1. The van der Waals surface area contributed by atoms with Crippen LogP contribution in [0.5, 0.6) is 34.5 Å². The third kappa shape index (κ3) is 35.1. The van der Waals surface area contributed by atoms with E-state index in [2.05, 4.69) is 111 Å². The number of methoxy groups -OCH3 is 8. The van der Waals surface area contributed by atoms with Crippen molar-refractivity contribution in [3.63, 3.8) is 0 Å². The molecule has 0 aliphatic rings. The van der Waals surface area contributed by atoms with Crippen LogP contribution in [0.1, 0.15) is 154 Å². The van der Waals surface area contributed by atoms with Gasteiger partial charge in [-0.3, -0.25) is 34.6 Å². The van der Waals surface area contributed by atoms with Gasteiger partial charge < -0.3 is 109 Å². The fraction of sp³-hybridized carbons (Fsp3) is 0.373. The number of esters is 4. The van der Waals surface area contributed by atoms with Crippen molar-refractivity contribution >= 4 is 120 Å². The van der Waals surface area contributed by atoms with Gasteiger partial charge in [-0.15, -0.1) is 0 Å². The van der Waals surface area contributed by atoms with E-state index >= 15 is 0 Å². The summed E-state index contributed by atoms with van der Waals surface area (Å²) >= 11 is 0. The number of carbonyl (C=O) groups excluding carboxylic acids is 7. The first-order chi connectivity index (χ1) is 65.3. The van der Waals surface area contributed by atoms with Crippen LogP contribution in [0.15, 0.2) is 188 Å². The molecule has 1 N–H and O–H groups in total. The molecular formula is C102H129IN6O25P2. The van der Waals surface area contributed by atoms with E-state index in [0.717, 1.165) is 102 Å². The highest BCUT2D eigenvalue weighted by molar-refractivity contribution is 7.95. The molecule has 34 heteroatoms. The molecule has 136 heavy (non-hydrogen) atoms. The van der Waals surface area contributed by atoms with Gasteiger partial charge in [0, 0.05) is 118 Å². The topological polar surface area (TPSA) is 360 Å². The standard InChI is InChI=1S/C26H32N2O8.C26H32N2O6.C26H23NO2P.C17H27NO4.C6H15O3P.CO2.HI/c1-6-27(14-8-9-25(29)36-7-2)22-17-23(33-3)19(16-24(22)34-4)12-10-18-11-13-20(26(30)35-5)15-21(18)28(31)32;1-6-28(12-8-9-25(29)34-7-2)22-16-23(31-3)19(15-24(22)32-4)21-13-17-10-11-18(26(30)33-5)14-20(17)27-21;1-21-17-18-22(26(19-21)27(28)29)20-30(23-11-5-2-6-12-23,24-13-7-3-8-14-24)25-15-9-4-10-16-25;1-5-18(9-7-8-10-22-6-2)15-12-16(20-3)14(13-19)11-17(15)21-4;1-4-7-10(8-5-2)9-6-3;2-1-3;/h10-13,15-17H,6-9,14H2,1-5H3;10-11,13-16,27H,6-9,12H2,1-5H3;2-19H,20H2,1H3;11-13H,5-10H2,1-4H3;4-6H2,1-3H3;;1H/q;;+1;;;;/p-1/b12-10+;;;;;;. The minimum absolute atomic E-state index is 0. The number of benzene rings is 9. The summed E-state index contributed by atoms with van der Waals surface area (Å²) in [5, 5.41) is 28.1. The van der Waals surface area contributed by atoms with Gasteiger partial charge in [-0.05, 0) is 198 Å². The smallest absolute Gasteiger partial charge is 0.373 e. The maximum Gasteiger partial charge on any atom is 0.373 e. The molecule has 0 saturated heterocycles. The first-order valence-electron chi connectivity index (χ1n) is 44.4. The van der Waals surface area contributed by atoms with Gasteiger partial charge in [-0.2, -0.15) is 9.59 Å². The van der Waals surface area contributed by atoms with Crippen LogP contribution in [-0.4, -0.2) is 194 Å². The van der Waals surface area contributed by atoms with Crippen LogP contribution < -0.4 is 83.0 Å². The molecule has 0 fully saturated rings. The van der Waals surface area contributed by atoms with Gasteiger partial charge in [0.25, 0.3) is 11.4 Å². The lowest BCUT2D eigenvalue weighted by Gasteiger charge is -2.27. The molecule has 0 saturated carbocycles. The quantitative estimate of drug-likeness (QED) is 0.00426. The molecule has 0 bridgehead atoms. The molecule has 1 aromatic heterocycles. The van der Waals surface area contributed by atoms with Gasteiger partial charge in [0.2, 0.25) is 0 Å². The number of unbranched alkanes of at least 4 members (excludes halogenated alkanes) is 1. The molecular weight excluding hydrogens is 1900 g/mol. The third-order valence-corrected chi connectivity index (χ3v) is 26.6. The Morgan fingerprint density at radius 2 is 0.868 bits per heavy atom. The van der Waals surface area contributed by atoms with Crippen molar-refractivity contribution in [3.8, 4) is 45.8 Å². The molecule has 0 atom stereocenters. The van der Waals surface area contributed by atoms with Crippen LogP contribution in [-0.2, 0) is 62.6 Å². The second-order valence-corrected chi connectivity index (χ2v) is 33.8. The van der Waals surface area contributed by atoms with Gasteiger partial charge >= 0.3 is 38.6 Å². The first-order valence-corrected chi connectivity index (χ1v) is 47.5. The number of aryl methyl sites for hydroxylation is 1. The predicted octanol–water partition coefficient (Wildman–Crippen LogP) is 16.8. The van der Waals surface area contributed by atoms with Crippen LogP contribution in [0.3, 0.4) is 0 Å². The lowest BCUT2D eigenvalue weighted by molar-refractivity contribution is -0.385. The van der Waals surface area contributed by atoms with E-state index in [1.165, 1.54) is 55.4 Å². The number of aromatic amines is 1. The molecule has 10 aromatic rings. The predicted molar refractivity (Wildman–Crippen MR) is 531 cm³/mol. The fourth-order valence-electron chi connectivity index (χ4n) is 14.4. The van der Waals surface area contributed by atoms with E-state index < -0.39 is 26.8 Å². The number of nitro benzene ring substituents is 2. The average molecular weight is 2030 g/mol. The molecule has 0 aliphatic heterocycles.